The molecule has 0 fully saturated rings. The van der Waals surface area contributed by atoms with Crippen LogP contribution in [0.2, 0.25) is 0 Å². The Morgan fingerprint density at radius 1 is 0.952 bits per heavy atom. The summed E-state index contributed by atoms with van der Waals surface area (Å²) in [5.74, 6) is -0.184. The second-order valence-electron chi connectivity index (χ2n) is 5.03. The maximum Gasteiger partial charge on any atom is 0.197 e. The Balaban J connectivity index is 2.15. The van der Waals surface area contributed by atoms with Gasteiger partial charge in [-0.15, -0.1) is 0 Å². The van der Waals surface area contributed by atoms with Gasteiger partial charge < -0.3 is 5.11 Å². The number of carbonyl (C=O) groups excluding carboxylic acids is 1. The van der Waals surface area contributed by atoms with Crippen LogP contribution in [0.3, 0.4) is 0 Å². The Labute approximate surface area is 131 Å². The average Bonchev–Trinajstić information content (AvgIpc) is 2.46. The van der Waals surface area contributed by atoms with E-state index in [4.69, 9.17) is 0 Å². The van der Waals surface area contributed by atoms with Gasteiger partial charge in [-0.2, -0.15) is 0 Å². The lowest BCUT2D eigenvalue weighted by molar-refractivity contribution is 0.103. The summed E-state index contributed by atoms with van der Waals surface area (Å²) in [6, 6.07) is 16.6. The van der Waals surface area contributed by atoms with Crippen LogP contribution in [0, 0.1) is 6.92 Å². The lowest BCUT2D eigenvalue weighted by atomic mass is 9.98. The number of rotatable bonds is 2. The van der Waals surface area contributed by atoms with Crippen LogP contribution in [0.1, 0.15) is 21.5 Å². The number of phenolic OH excluding ortho intramolecular Hbond substituents is 1. The second kappa shape index (κ2) is 5.34. The van der Waals surface area contributed by atoms with Gasteiger partial charge in [0.2, 0.25) is 0 Å². The van der Waals surface area contributed by atoms with Gasteiger partial charge in [-0.05, 0) is 47.5 Å². The second-order valence-corrected chi connectivity index (χ2v) is 5.88. The minimum absolute atomic E-state index is 0.00572. The molecule has 0 unspecified atom stereocenters. The SMILES string of the molecule is Cc1ccc(C(=O)c2cc3ccccc3cc2O)c(Br)c1. The number of carbonyl (C=O) groups is 1. The average molecular weight is 341 g/mol. The molecule has 3 heteroatoms. The molecule has 104 valence electrons. The van der Waals surface area contributed by atoms with Crippen LogP contribution >= 0.6 is 15.9 Å². The largest absolute Gasteiger partial charge is 0.507 e. The normalized spacial score (nSPS) is 10.8. The first-order chi connectivity index (χ1) is 10.1. The molecule has 0 heterocycles. The number of benzene rings is 3. The van der Waals surface area contributed by atoms with Crippen molar-refractivity contribution in [3.05, 3.63) is 75.8 Å². The van der Waals surface area contributed by atoms with Crippen LogP contribution < -0.4 is 0 Å². The fourth-order valence-corrected chi connectivity index (χ4v) is 3.03. The zero-order valence-corrected chi connectivity index (χ0v) is 13.0. The van der Waals surface area contributed by atoms with Gasteiger partial charge in [0.15, 0.2) is 5.78 Å². The molecule has 2 nitrogen and oxygen atoms in total. The molecule has 1 N–H and O–H groups in total. The van der Waals surface area contributed by atoms with E-state index in [1.54, 1.807) is 18.2 Å². The maximum absolute atomic E-state index is 12.7. The smallest absolute Gasteiger partial charge is 0.197 e. The van der Waals surface area contributed by atoms with E-state index in [0.717, 1.165) is 20.8 Å². The maximum atomic E-state index is 12.7. The zero-order valence-electron chi connectivity index (χ0n) is 11.4. The summed E-state index contributed by atoms with van der Waals surface area (Å²) >= 11 is 3.42. The van der Waals surface area contributed by atoms with Crippen molar-refractivity contribution in [3.8, 4) is 5.75 Å². The summed E-state index contributed by atoms with van der Waals surface area (Å²) in [6.45, 7) is 1.96. The molecule has 0 aliphatic carbocycles. The highest BCUT2D eigenvalue weighted by Crippen LogP contribution is 2.29. The van der Waals surface area contributed by atoms with Crippen molar-refractivity contribution in [2.45, 2.75) is 6.92 Å². The van der Waals surface area contributed by atoms with Crippen molar-refractivity contribution in [2.24, 2.45) is 0 Å². The Morgan fingerprint density at radius 2 is 1.62 bits per heavy atom. The number of phenols is 1. The topological polar surface area (TPSA) is 37.3 Å². The van der Waals surface area contributed by atoms with Gasteiger partial charge in [0.05, 0.1) is 5.56 Å². The predicted molar refractivity (Wildman–Crippen MR) is 87.9 cm³/mol. The van der Waals surface area contributed by atoms with E-state index in [0.29, 0.717) is 11.1 Å². The van der Waals surface area contributed by atoms with E-state index in [1.807, 2.05) is 43.3 Å². The van der Waals surface area contributed by atoms with Crippen LogP contribution in [0.5, 0.6) is 5.75 Å². The monoisotopic (exact) mass is 340 g/mol. The van der Waals surface area contributed by atoms with Crippen LogP contribution in [0.4, 0.5) is 0 Å². The minimum Gasteiger partial charge on any atom is -0.507 e. The van der Waals surface area contributed by atoms with Gasteiger partial charge in [0.1, 0.15) is 5.75 Å². The highest BCUT2D eigenvalue weighted by atomic mass is 79.9. The molecule has 0 aliphatic rings. The molecule has 0 bridgehead atoms. The van der Waals surface area contributed by atoms with Gasteiger partial charge in [-0.3, -0.25) is 4.79 Å². The summed E-state index contributed by atoms with van der Waals surface area (Å²) in [5, 5.41) is 12.0. The summed E-state index contributed by atoms with van der Waals surface area (Å²) < 4.78 is 0.736. The molecule has 0 aromatic heterocycles. The van der Waals surface area contributed by atoms with E-state index in [2.05, 4.69) is 15.9 Å². The lowest BCUT2D eigenvalue weighted by Gasteiger charge is -2.08. The molecule has 0 spiro atoms. The third-order valence-corrected chi connectivity index (χ3v) is 4.13. The number of ketones is 1. The molecule has 3 aromatic carbocycles. The van der Waals surface area contributed by atoms with Gasteiger partial charge in [0, 0.05) is 10.0 Å². The number of halogens is 1. The highest BCUT2D eigenvalue weighted by molar-refractivity contribution is 9.10. The van der Waals surface area contributed by atoms with Crippen LogP contribution in [0.25, 0.3) is 10.8 Å². The van der Waals surface area contributed by atoms with Crippen molar-refractivity contribution in [1.82, 2.24) is 0 Å². The van der Waals surface area contributed by atoms with Crippen molar-refractivity contribution in [2.75, 3.05) is 0 Å². The third kappa shape index (κ3) is 2.57. The summed E-state index contributed by atoms with van der Waals surface area (Å²) in [5.41, 5.74) is 1.94. The molecular formula is C18H13BrO2. The van der Waals surface area contributed by atoms with Crippen molar-refractivity contribution in [3.63, 3.8) is 0 Å². The van der Waals surface area contributed by atoms with Crippen LogP contribution in [-0.2, 0) is 0 Å². The quantitative estimate of drug-likeness (QED) is 0.677. The fourth-order valence-electron chi connectivity index (χ4n) is 2.36. The van der Waals surface area contributed by atoms with Gasteiger partial charge in [0.25, 0.3) is 0 Å². The third-order valence-electron chi connectivity index (χ3n) is 3.48. The standard InChI is InChI=1S/C18H13BrO2/c1-11-6-7-14(16(19)8-11)18(21)15-9-12-4-2-3-5-13(12)10-17(15)20/h2-10,20H,1H3. The molecule has 21 heavy (non-hydrogen) atoms. The fraction of sp³-hybridized carbons (Fsp3) is 0.0556. The molecule has 0 saturated heterocycles. The van der Waals surface area contributed by atoms with Crippen LogP contribution in [-0.4, -0.2) is 10.9 Å². The summed E-state index contributed by atoms with van der Waals surface area (Å²) in [6.07, 6.45) is 0. The number of aryl methyl sites for hydroxylation is 1. The Morgan fingerprint density at radius 3 is 2.29 bits per heavy atom. The summed E-state index contributed by atoms with van der Waals surface area (Å²) in [7, 11) is 0. The van der Waals surface area contributed by atoms with Crippen LogP contribution in [0.15, 0.2) is 59.1 Å². The molecule has 3 aromatic rings. The molecule has 0 radical (unpaired) electrons. The van der Waals surface area contributed by atoms with E-state index in [9.17, 15) is 9.90 Å². The van der Waals surface area contributed by atoms with Crippen molar-refractivity contribution < 1.29 is 9.90 Å². The first-order valence-corrected chi connectivity index (χ1v) is 7.38. The lowest BCUT2D eigenvalue weighted by Crippen LogP contribution is -2.03. The highest BCUT2D eigenvalue weighted by Gasteiger charge is 2.17. The zero-order chi connectivity index (χ0) is 15.0. The van der Waals surface area contributed by atoms with E-state index >= 15 is 0 Å². The van der Waals surface area contributed by atoms with E-state index in [-0.39, 0.29) is 11.5 Å². The number of hydrogen-bond acceptors (Lipinski definition) is 2. The molecular weight excluding hydrogens is 328 g/mol. The molecule has 0 atom stereocenters. The molecule has 0 amide bonds. The van der Waals surface area contributed by atoms with Gasteiger partial charge in [-0.1, -0.05) is 46.3 Å². The number of hydrogen-bond donors (Lipinski definition) is 1. The predicted octanol–water partition coefficient (Wildman–Crippen LogP) is 4.85. The first-order valence-electron chi connectivity index (χ1n) is 6.59. The Bertz CT molecular complexity index is 853. The van der Waals surface area contributed by atoms with Crippen molar-refractivity contribution in [1.29, 1.82) is 0 Å². The number of aromatic hydroxyl groups is 1. The van der Waals surface area contributed by atoms with Gasteiger partial charge >= 0.3 is 0 Å². The Kier molecular flexibility index (Phi) is 3.52. The van der Waals surface area contributed by atoms with E-state index < -0.39 is 0 Å². The Hall–Kier alpha value is -2.13. The minimum atomic E-state index is -0.190. The molecule has 0 saturated carbocycles. The van der Waals surface area contributed by atoms with E-state index in [1.165, 1.54) is 0 Å². The van der Waals surface area contributed by atoms with Crippen molar-refractivity contribution >= 4 is 32.5 Å². The number of fused-ring (bicyclic) bond motifs is 1. The first kappa shape index (κ1) is 13.8. The van der Waals surface area contributed by atoms with Gasteiger partial charge in [-0.25, -0.2) is 0 Å². The summed E-state index contributed by atoms with van der Waals surface area (Å²) in [4.78, 5) is 12.7. The molecule has 3 rings (SSSR count). The molecule has 0 aliphatic heterocycles.